The molecular weight excluding hydrogens is 226 g/mol. The van der Waals surface area contributed by atoms with E-state index >= 15 is 0 Å². The normalized spacial score (nSPS) is 26.1. The Morgan fingerprint density at radius 2 is 2.11 bits per heavy atom. The van der Waals surface area contributed by atoms with Crippen molar-refractivity contribution in [1.29, 1.82) is 0 Å². The molecule has 3 atom stereocenters. The average Bonchev–Trinajstić information content (AvgIpc) is 2.88. The van der Waals surface area contributed by atoms with Crippen molar-refractivity contribution in [1.82, 2.24) is 5.32 Å². The van der Waals surface area contributed by atoms with Crippen LogP contribution >= 0.6 is 0 Å². The fraction of sp³-hybridized carbons (Fsp3) is 0.600. The van der Waals surface area contributed by atoms with Crippen LogP contribution in [0, 0.1) is 5.92 Å². The molecule has 1 N–H and O–H groups in total. The highest BCUT2D eigenvalue weighted by atomic mass is 16.7. The van der Waals surface area contributed by atoms with Gasteiger partial charge in [-0.25, -0.2) is 0 Å². The van der Waals surface area contributed by atoms with Crippen LogP contribution in [0.25, 0.3) is 0 Å². The Kier molecular flexibility index (Phi) is 3.16. The minimum Gasteiger partial charge on any atom is -0.454 e. The second-order valence-electron chi connectivity index (χ2n) is 5.61. The van der Waals surface area contributed by atoms with Gasteiger partial charge >= 0.3 is 0 Å². The van der Waals surface area contributed by atoms with Gasteiger partial charge in [-0.15, -0.1) is 0 Å². The highest BCUT2D eigenvalue weighted by molar-refractivity contribution is 5.44. The lowest BCUT2D eigenvalue weighted by molar-refractivity contribution is 0.174. The number of fused-ring (bicyclic) bond motifs is 1. The van der Waals surface area contributed by atoms with E-state index < -0.39 is 0 Å². The lowest BCUT2D eigenvalue weighted by Gasteiger charge is -2.13. The topological polar surface area (TPSA) is 30.5 Å². The molecule has 1 heterocycles. The van der Waals surface area contributed by atoms with Crippen LogP contribution in [0.2, 0.25) is 0 Å². The van der Waals surface area contributed by atoms with E-state index in [1.165, 1.54) is 18.4 Å². The molecule has 1 fully saturated rings. The summed E-state index contributed by atoms with van der Waals surface area (Å²) >= 11 is 0. The van der Waals surface area contributed by atoms with Gasteiger partial charge in [-0.1, -0.05) is 13.0 Å². The summed E-state index contributed by atoms with van der Waals surface area (Å²) < 4.78 is 10.7. The van der Waals surface area contributed by atoms with Gasteiger partial charge in [-0.05, 0) is 49.8 Å². The number of aryl methyl sites for hydroxylation is 1. The molecule has 3 heteroatoms. The molecule has 1 aliphatic carbocycles. The number of hydrogen-bond donors (Lipinski definition) is 1. The molecule has 0 bridgehead atoms. The molecule has 1 saturated carbocycles. The third-order valence-electron chi connectivity index (χ3n) is 3.91. The maximum atomic E-state index is 5.40. The van der Waals surface area contributed by atoms with Gasteiger partial charge in [0.2, 0.25) is 6.79 Å². The fourth-order valence-electron chi connectivity index (χ4n) is 2.48. The molecule has 98 valence electrons. The third-order valence-corrected chi connectivity index (χ3v) is 3.91. The maximum absolute atomic E-state index is 5.40. The number of rotatable bonds is 5. The Hall–Kier alpha value is -1.22. The Morgan fingerprint density at radius 3 is 2.89 bits per heavy atom. The van der Waals surface area contributed by atoms with Crippen molar-refractivity contribution in [2.24, 2.45) is 5.92 Å². The van der Waals surface area contributed by atoms with Gasteiger partial charge in [0.05, 0.1) is 0 Å². The first-order valence-corrected chi connectivity index (χ1v) is 6.87. The van der Waals surface area contributed by atoms with Crippen molar-refractivity contribution in [2.75, 3.05) is 6.79 Å². The number of benzene rings is 1. The van der Waals surface area contributed by atoms with Gasteiger partial charge in [0.15, 0.2) is 11.5 Å². The molecule has 1 aromatic carbocycles. The van der Waals surface area contributed by atoms with Crippen LogP contribution in [-0.2, 0) is 6.42 Å². The highest BCUT2D eigenvalue weighted by Crippen LogP contribution is 2.33. The second kappa shape index (κ2) is 4.81. The first kappa shape index (κ1) is 11.8. The van der Waals surface area contributed by atoms with Crippen LogP contribution in [0.4, 0.5) is 0 Å². The van der Waals surface area contributed by atoms with E-state index in [1.807, 2.05) is 6.07 Å². The van der Waals surface area contributed by atoms with E-state index in [9.17, 15) is 0 Å². The van der Waals surface area contributed by atoms with Crippen LogP contribution in [0.5, 0.6) is 11.5 Å². The van der Waals surface area contributed by atoms with Crippen molar-refractivity contribution >= 4 is 0 Å². The number of hydrogen-bond acceptors (Lipinski definition) is 3. The van der Waals surface area contributed by atoms with Crippen LogP contribution in [0.3, 0.4) is 0 Å². The van der Waals surface area contributed by atoms with Gasteiger partial charge < -0.3 is 14.8 Å². The predicted molar refractivity (Wildman–Crippen MR) is 71.1 cm³/mol. The van der Waals surface area contributed by atoms with Crippen molar-refractivity contribution in [3.05, 3.63) is 23.8 Å². The molecule has 3 unspecified atom stereocenters. The van der Waals surface area contributed by atoms with E-state index in [0.717, 1.165) is 29.9 Å². The Bertz CT molecular complexity index is 433. The van der Waals surface area contributed by atoms with Gasteiger partial charge in [-0.2, -0.15) is 0 Å². The van der Waals surface area contributed by atoms with Crippen LogP contribution in [0.15, 0.2) is 18.2 Å². The Morgan fingerprint density at radius 1 is 1.33 bits per heavy atom. The maximum Gasteiger partial charge on any atom is 0.231 e. The molecule has 1 aromatic rings. The first-order valence-electron chi connectivity index (χ1n) is 6.87. The van der Waals surface area contributed by atoms with Crippen LogP contribution in [-0.4, -0.2) is 18.9 Å². The van der Waals surface area contributed by atoms with Gasteiger partial charge in [0, 0.05) is 12.1 Å². The van der Waals surface area contributed by atoms with Crippen molar-refractivity contribution in [3.63, 3.8) is 0 Å². The van der Waals surface area contributed by atoms with E-state index in [4.69, 9.17) is 9.47 Å². The van der Waals surface area contributed by atoms with Crippen molar-refractivity contribution in [2.45, 2.75) is 45.2 Å². The van der Waals surface area contributed by atoms with Gasteiger partial charge in [-0.3, -0.25) is 0 Å². The summed E-state index contributed by atoms with van der Waals surface area (Å²) in [4.78, 5) is 0. The second-order valence-corrected chi connectivity index (χ2v) is 5.61. The molecular formula is C15H21NO2. The predicted octanol–water partition coefficient (Wildman–Crippen LogP) is 2.73. The summed E-state index contributed by atoms with van der Waals surface area (Å²) in [5.41, 5.74) is 1.33. The van der Waals surface area contributed by atoms with Crippen molar-refractivity contribution < 1.29 is 9.47 Å². The molecule has 0 spiro atoms. The van der Waals surface area contributed by atoms with E-state index in [1.54, 1.807) is 0 Å². The van der Waals surface area contributed by atoms with E-state index in [-0.39, 0.29) is 0 Å². The standard InChI is InChI=1S/C15H21NO2/c1-10-7-13(10)16-11(2)3-4-12-5-6-14-15(8-12)18-9-17-14/h5-6,8,10-11,13,16H,3-4,7,9H2,1-2H3. The molecule has 0 radical (unpaired) electrons. The largest absolute Gasteiger partial charge is 0.454 e. The summed E-state index contributed by atoms with van der Waals surface area (Å²) in [6, 6.07) is 7.61. The molecule has 3 rings (SSSR count). The van der Waals surface area contributed by atoms with Crippen molar-refractivity contribution in [3.8, 4) is 11.5 Å². The monoisotopic (exact) mass is 247 g/mol. The zero-order valence-electron chi connectivity index (χ0n) is 11.1. The molecule has 3 nitrogen and oxygen atoms in total. The molecule has 18 heavy (non-hydrogen) atoms. The lowest BCUT2D eigenvalue weighted by Crippen LogP contribution is -2.29. The number of nitrogens with one attached hydrogen (secondary N) is 1. The Balaban J connectivity index is 1.50. The zero-order valence-corrected chi connectivity index (χ0v) is 11.1. The highest BCUT2D eigenvalue weighted by Gasteiger charge is 2.32. The molecule has 2 aliphatic rings. The summed E-state index contributed by atoms with van der Waals surface area (Å²) in [5.74, 6) is 2.64. The third kappa shape index (κ3) is 2.61. The summed E-state index contributed by atoms with van der Waals surface area (Å²) in [5, 5.41) is 3.67. The smallest absolute Gasteiger partial charge is 0.231 e. The molecule has 0 amide bonds. The van der Waals surface area contributed by atoms with E-state index in [0.29, 0.717) is 12.8 Å². The Labute approximate surface area is 108 Å². The van der Waals surface area contributed by atoms with Crippen LogP contribution < -0.4 is 14.8 Å². The van der Waals surface area contributed by atoms with Crippen LogP contribution in [0.1, 0.15) is 32.3 Å². The molecule has 0 aromatic heterocycles. The van der Waals surface area contributed by atoms with Gasteiger partial charge in [0.25, 0.3) is 0 Å². The number of ether oxygens (including phenoxy) is 2. The molecule has 1 aliphatic heterocycles. The van der Waals surface area contributed by atoms with Gasteiger partial charge in [0.1, 0.15) is 0 Å². The van der Waals surface area contributed by atoms with E-state index in [2.05, 4.69) is 31.3 Å². The minimum absolute atomic E-state index is 0.357. The summed E-state index contributed by atoms with van der Waals surface area (Å²) in [7, 11) is 0. The quantitative estimate of drug-likeness (QED) is 0.868. The first-order chi connectivity index (χ1) is 8.72. The fourth-order valence-corrected chi connectivity index (χ4v) is 2.48. The minimum atomic E-state index is 0.357. The molecule has 0 saturated heterocycles. The lowest BCUT2D eigenvalue weighted by atomic mass is 10.1. The summed E-state index contributed by atoms with van der Waals surface area (Å²) in [6.07, 6.45) is 3.60. The average molecular weight is 247 g/mol. The zero-order chi connectivity index (χ0) is 12.5. The SMILES string of the molecule is CC(CCc1ccc2c(c1)OCO2)NC1CC1C. The summed E-state index contributed by atoms with van der Waals surface area (Å²) in [6.45, 7) is 4.94.